The van der Waals surface area contributed by atoms with Crippen molar-refractivity contribution in [1.29, 1.82) is 0 Å². The van der Waals surface area contributed by atoms with Gasteiger partial charge in [-0.25, -0.2) is 4.79 Å². The van der Waals surface area contributed by atoms with Gasteiger partial charge in [-0.05, 0) is 12.1 Å². The first kappa shape index (κ1) is 14.0. The van der Waals surface area contributed by atoms with Gasteiger partial charge in [0.25, 0.3) is 0 Å². The summed E-state index contributed by atoms with van der Waals surface area (Å²) >= 11 is 0. The van der Waals surface area contributed by atoms with Crippen molar-refractivity contribution in [1.82, 2.24) is 5.32 Å². The van der Waals surface area contributed by atoms with Crippen LogP contribution in [0, 0.1) is 0 Å². The number of carbonyl (C=O) groups excluding carboxylic acids is 1. The van der Waals surface area contributed by atoms with Crippen molar-refractivity contribution < 1.29 is 19.4 Å². The van der Waals surface area contributed by atoms with Crippen LogP contribution in [0.5, 0.6) is 0 Å². The molecule has 1 aromatic rings. The number of carboxylic acid groups (broad SMARTS) is 1. The minimum absolute atomic E-state index is 0.332. The lowest BCUT2D eigenvalue weighted by Crippen LogP contribution is -2.44. The summed E-state index contributed by atoms with van der Waals surface area (Å²) in [6.07, 6.45) is 0. The average molecular weight is 252 g/mol. The summed E-state index contributed by atoms with van der Waals surface area (Å²) in [5, 5.41) is 11.4. The van der Waals surface area contributed by atoms with Gasteiger partial charge in [0.15, 0.2) is 0 Å². The number of anilines is 1. The third-order valence-electron chi connectivity index (χ3n) is 2.19. The van der Waals surface area contributed by atoms with Gasteiger partial charge in [-0.15, -0.1) is 0 Å². The van der Waals surface area contributed by atoms with E-state index >= 15 is 0 Å². The minimum atomic E-state index is -1.07. The van der Waals surface area contributed by atoms with Crippen molar-refractivity contribution >= 4 is 17.7 Å². The predicted octanol–water partition coefficient (Wildman–Crippen LogP) is 0.934. The lowest BCUT2D eigenvalue weighted by atomic mass is 10.3. The van der Waals surface area contributed by atoms with Crippen LogP contribution in [0.3, 0.4) is 0 Å². The lowest BCUT2D eigenvalue weighted by molar-refractivity contribution is -0.135. The summed E-state index contributed by atoms with van der Waals surface area (Å²) in [6, 6.07) is 8.18. The first-order chi connectivity index (χ1) is 8.65. The van der Waals surface area contributed by atoms with Crippen LogP contribution in [-0.2, 0) is 9.53 Å². The molecule has 98 valence electrons. The fourth-order valence-corrected chi connectivity index (χ4v) is 1.38. The van der Waals surface area contributed by atoms with E-state index in [4.69, 9.17) is 9.84 Å². The highest BCUT2D eigenvalue weighted by molar-refractivity contribution is 5.96. The maximum atomic E-state index is 11.8. The van der Waals surface area contributed by atoms with Crippen molar-refractivity contribution in [3.05, 3.63) is 30.3 Å². The van der Waals surface area contributed by atoms with Crippen LogP contribution in [-0.4, -0.2) is 43.9 Å². The number of carbonyl (C=O) groups is 2. The van der Waals surface area contributed by atoms with Gasteiger partial charge in [0.05, 0.1) is 6.61 Å². The Balaban J connectivity index is 2.72. The second-order valence-electron chi connectivity index (χ2n) is 3.54. The largest absolute Gasteiger partial charge is 0.480 e. The number of ether oxygens (including phenoxy) is 1. The van der Waals surface area contributed by atoms with Crippen molar-refractivity contribution in [3.63, 3.8) is 0 Å². The molecule has 18 heavy (non-hydrogen) atoms. The standard InChI is InChI=1S/C12H16N2O4/c1-18-8-7-13-12(17)14(9-11(15)16)10-5-3-2-4-6-10/h2-6H,7-9H2,1H3,(H,13,17)(H,15,16). The van der Waals surface area contributed by atoms with Gasteiger partial charge in [0, 0.05) is 19.3 Å². The molecule has 6 nitrogen and oxygen atoms in total. The Morgan fingerprint density at radius 2 is 2.00 bits per heavy atom. The molecule has 0 aliphatic rings. The van der Waals surface area contributed by atoms with Crippen molar-refractivity contribution in [2.24, 2.45) is 0 Å². The molecule has 0 radical (unpaired) electrons. The maximum absolute atomic E-state index is 11.8. The molecule has 0 spiro atoms. The smallest absolute Gasteiger partial charge is 0.323 e. The fourth-order valence-electron chi connectivity index (χ4n) is 1.38. The molecule has 0 unspecified atom stereocenters. The Hall–Kier alpha value is -2.08. The Morgan fingerprint density at radius 1 is 1.33 bits per heavy atom. The summed E-state index contributed by atoms with van der Waals surface area (Å²) in [5.41, 5.74) is 0.537. The molecule has 0 saturated heterocycles. The predicted molar refractivity (Wildman–Crippen MR) is 66.7 cm³/mol. The summed E-state index contributed by atoms with van der Waals surface area (Å²) < 4.78 is 4.81. The molecule has 1 rings (SSSR count). The van der Waals surface area contributed by atoms with Crippen molar-refractivity contribution in [2.45, 2.75) is 0 Å². The van der Waals surface area contributed by atoms with Crippen molar-refractivity contribution in [3.8, 4) is 0 Å². The summed E-state index contributed by atoms with van der Waals surface area (Å²) in [7, 11) is 1.53. The number of amides is 2. The number of methoxy groups -OCH3 is 1. The molecule has 0 aliphatic carbocycles. The number of hydrogen-bond acceptors (Lipinski definition) is 3. The molecule has 0 bridgehead atoms. The number of carboxylic acids is 1. The number of urea groups is 1. The Morgan fingerprint density at radius 3 is 2.56 bits per heavy atom. The van der Waals surface area contributed by atoms with Crippen LogP contribution in [0.1, 0.15) is 0 Å². The average Bonchev–Trinajstić information content (AvgIpc) is 2.37. The third kappa shape index (κ3) is 4.42. The van der Waals surface area contributed by atoms with Gasteiger partial charge in [-0.1, -0.05) is 18.2 Å². The highest BCUT2D eigenvalue weighted by atomic mass is 16.5. The molecule has 0 atom stereocenters. The molecule has 2 N–H and O–H groups in total. The number of hydrogen-bond donors (Lipinski definition) is 2. The molecule has 0 aliphatic heterocycles. The third-order valence-corrected chi connectivity index (χ3v) is 2.19. The SMILES string of the molecule is COCCNC(=O)N(CC(=O)O)c1ccccc1. The molecular weight excluding hydrogens is 236 g/mol. The van der Waals surface area contributed by atoms with Gasteiger partial charge in [-0.2, -0.15) is 0 Å². The van der Waals surface area contributed by atoms with E-state index in [1.807, 2.05) is 0 Å². The van der Waals surface area contributed by atoms with E-state index in [-0.39, 0.29) is 6.54 Å². The fraction of sp³-hybridized carbons (Fsp3) is 0.333. The van der Waals surface area contributed by atoms with E-state index in [1.54, 1.807) is 30.3 Å². The first-order valence-corrected chi connectivity index (χ1v) is 5.46. The highest BCUT2D eigenvalue weighted by Gasteiger charge is 2.17. The lowest BCUT2D eigenvalue weighted by Gasteiger charge is -2.21. The normalized spacial score (nSPS) is 9.83. The zero-order valence-corrected chi connectivity index (χ0v) is 10.1. The number of para-hydroxylation sites is 1. The molecule has 1 aromatic carbocycles. The van der Waals surface area contributed by atoms with Gasteiger partial charge in [0.2, 0.25) is 0 Å². The van der Waals surface area contributed by atoms with Gasteiger partial charge < -0.3 is 15.2 Å². The molecule has 6 heteroatoms. The molecule has 2 amide bonds. The van der Waals surface area contributed by atoms with E-state index in [0.29, 0.717) is 18.8 Å². The molecule has 0 fully saturated rings. The van der Waals surface area contributed by atoms with E-state index in [1.165, 1.54) is 7.11 Å². The van der Waals surface area contributed by atoms with E-state index in [9.17, 15) is 9.59 Å². The van der Waals surface area contributed by atoms with Crippen LogP contribution in [0.15, 0.2) is 30.3 Å². The Bertz CT molecular complexity index is 394. The zero-order chi connectivity index (χ0) is 13.4. The van der Waals surface area contributed by atoms with E-state index < -0.39 is 12.0 Å². The maximum Gasteiger partial charge on any atom is 0.323 e. The topological polar surface area (TPSA) is 78.9 Å². The molecule has 0 aromatic heterocycles. The number of rotatable bonds is 6. The number of benzene rings is 1. The number of nitrogens with one attached hydrogen (secondary N) is 1. The Kier molecular flexibility index (Phi) is 5.66. The monoisotopic (exact) mass is 252 g/mol. The van der Waals surface area contributed by atoms with Crippen LogP contribution < -0.4 is 10.2 Å². The zero-order valence-electron chi connectivity index (χ0n) is 10.1. The Labute approximate surface area is 105 Å². The quantitative estimate of drug-likeness (QED) is 0.738. The first-order valence-electron chi connectivity index (χ1n) is 5.46. The number of aliphatic carboxylic acids is 1. The molecule has 0 heterocycles. The minimum Gasteiger partial charge on any atom is -0.480 e. The van der Waals surface area contributed by atoms with Crippen LogP contribution in [0.4, 0.5) is 10.5 Å². The van der Waals surface area contributed by atoms with Gasteiger partial charge >= 0.3 is 12.0 Å². The van der Waals surface area contributed by atoms with Gasteiger partial charge in [-0.3, -0.25) is 9.69 Å². The summed E-state index contributed by atoms with van der Waals surface area (Å²) in [4.78, 5) is 23.8. The van der Waals surface area contributed by atoms with Crippen LogP contribution >= 0.6 is 0 Å². The van der Waals surface area contributed by atoms with Crippen LogP contribution in [0.2, 0.25) is 0 Å². The second-order valence-corrected chi connectivity index (χ2v) is 3.54. The second kappa shape index (κ2) is 7.29. The molecular formula is C12H16N2O4. The van der Waals surface area contributed by atoms with Gasteiger partial charge in [0.1, 0.15) is 6.54 Å². The van der Waals surface area contributed by atoms with E-state index in [2.05, 4.69) is 5.32 Å². The summed E-state index contributed by atoms with van der Waals surface area (Å²) in [6.45, 7) is 0.322. The number of nitrogens with zero attached hydrogens (tertiary/aromatic N) is 1. The summed E-state index contributed by atoms with van der Waals surface area (Å²) in [5.74, 6) is -1.07. The highest BCUT2D eigenvalue weighted by Crippen LogP contribution is 2.12. The molecule has 0 saturated carbocycles. The van der Waals surface area contributed by atoms with E-state index in [0.717, 1.165) is 4.90 Å². The van der Waals surface area contributed by atoms with Crippen LogP contribution in [0.25, 0.3) is 0 Å². The van der Waals surface area contributed by atoms with Crippen molar-refractivity contribution in [2.75, 3.05) is 31.7 Å².